The molecule has 6 aromatic rings. The monoisotopic (exact) mass is 473 g/mol. The van der Waals surface area contributed by atoms with Crippen molar-refractivity contribution in [2.75, 3.05) is 4.90 Å². The minimum absolute atomic E-state index is 1.10. The Labute approximate surface area is 195 Å². The average molecular weight is 474 g/mol. The van der Waals surface area contributed by atoms with E-state index in [2.05, 4.69) is 142 Å². The van der Waals surface area contributed by atoms with Gasteiger partial charge in [-0.1, -0.05) is 107 Å². The molecule has 2 heteroatoms. The lowest BCUT2D eigenvalue weighted by Crippen LogP contribution is -2.11. The predicted octanol–water partition coefficient (Wildman–Crippen LogP) is 9.38. The molecule has 32 heavy (non-hydrogen) atoms. The van der Waals surface area contributed by atoms with Gasteiger partial charge in [0.2, 0.25) is 0 Å². The largest absolute Gasteiger partial charge is 0.309 e. The van der Waals surface area contributed by atoms with Gasteiger partial charge in [-0.05, 0) is 51.9 Å². The highest BCUT2D eigenvalue weighted by atomic mass is 79.9. The topological polar surface area (TPSA) is 3.24 Å². The molecular weight excluding hydrogens is 454 g/mol. The van der Waals surface area contributed by atoms with E-state index in [1.54, 1.807) is 0 Å². The van der Waals surface area contributed by atoms with Crippen LogP contribution in [0.2, 0.25) is 0 Å². The molecule has 0 aliphatic carbocycles. The van der Waals surface area contributed by atoms with E-state index in [1.165, 1.54) is 38.0 Å². The quantitative estimate of drug-likeness (QED) is 0.247. The van der Waals surface area contributed by atoms with Gasteiger partial charge in [0.25, 0.3) is 0 Å². The number of fused-ring (bicyclic) bond motifs is 3. The third-order valence-electron chi connectivity index (χ3n) is 6.09. The Bertz CT molecular complexity index is 1600. The Kier molecular flexibility index (Phi) is 4.66. The third kappa shape index (κ3) is 3.16. The van der Waals surface area contributed by atoms with Gasteiger partial charge < -0.3 is 4.90 Å². The van der Waals surface area contributed by atoms with Crippen LogP contribution in [0.25, 0.3) is 32.3 Å². The molecule has 0 aliphatic heterocycles. The molecule has 0 radical (unpaired) electrons. The maximum atomic E-state index is 3.75. The first-order valence-corrected chi connectivity index (χ1v) is 11.5. The average Bonchev–Trinajstić information content (AvgIpc) is 2.86. The van der Waals surface area contributed by atoms with E-state index in [-0.39, 0.29) is 0 Å². The lowest BCUT2D eigenvalue weighted by atomic mass is 10.0. The summed E-state index contributed by atoms with van der Waals surface area (Å²) in [6.07, 6.45) is 0. The number of benzene rings is 6. The van der Waals surface area contributed by atoms with Crippen LogP contribution >= 0.6 is 15.9 Å². The highest BCUT2D eigenvalue weighted by Crippen LogP contribution is 2.43. The highest BCUT2D eigenvalue weighted by Gasteiger charge is 2.18. The molecular formula is C30H20BrN. The second-order valence-electron chi connectivity index (χ2n) is 7.98. The van der Waals surface area contributed by atoms with Crippen LogP contribution in [0.1, 0.15) is 0 Å². The zero-order valence-electron chi connectivity index (χ0n) is 17.4. The summed E-state index contributed by atoms with van der Waals surface area (Å²) in [5.74, 6) is 0. The fraction of sp³-hybridized carbons (Fsp3) is 0. The number of anilines is 3. The minimum atomic E-state index is 1.10. The molecule has 0 saturated heterocycles. The highest BCUT2D eigenvalue weighted by molar-refractivity contribution is 9.10. The van der Waals surface area contributed by atoms with Crippen molar-refractivity contribution in [3.63, 3.8) is 0 Å². The number of hydrogen-bond acceptors (Lipinski definition) is 1. The molecule has 0 atom stereocenters. The molecule has 0 unspecified atom stereocenters. The molecule has 0 amide bonds. The first-order valence-electron chi connectivity index (χ1n) is 10.7. The van der Waals surface area contributed by atoms with Crippen molar-refractivity contribution >= 4 is 65.3 Å². The smallest absolute Gasteiger partial charge is 0.0541 e. The van der Waals surface area contributed by atoms with Crippen molar-refractivity contribution in [1.82, 2.24) is 0 Å². The van der Waals surface area contributed by atoms with Gasteiger partial charge in [-0.25, -0.2) is 0 Å². The van der Waals surface area contributed by atoms with E-state index >= 15 is 0 Å². The van der Waals surface area contributed by atoms with Crippen molar-refractivity contribution in [2.24, 2.45) is 0 Å². The summed E-state index contributed by atoms with van der Waals surface area (Å²) in [5, 5.41) is 7.36. The van der Waals surface area contributed by atoms with Gasteiger partial charge in [-0.2, -0.15) is 0 Å². The summed E-state index contributed by atoms with van der Waals surface area (Å²) in [5.41, 5.74) is 3.48. The fourth-order valence-electron chi connectivity index (χ4n) is 4.57. The van der Waals surface area contributed by atoms with Gasteiger partial charge in [-0.3, -0.25) is 0 Å². The first kappa shape index (κ1) is 19.1. The van der Waals surface area contributed by atoms with Gasteiger partial charge >= 0.3 is 0 Å². The van der Waals surface area contributed by atoms with Crippen LogP contribution in [0.3, 0.4) is 0 Å². The van der Waals surface area contributed by atoms with Crippen LogP contribution in [0.5, 0.6) is 0 Å². The van der Waals surface area contributed by atoms with Gasteiger partial charge in [0, 0.05) is 20.9 Å². The van der Waals surface area contributed by atoms with Crippen molar-refractivity contribution in [3.05, 3.63) is 126 Å². The van der Waals surface area contributed by atoms with Gasteiger partial charge in [0.15, 0.2) is 0 Å². The summed E-state index contributed by atoms with van der Waals surface area (Å²) in [7, 11) is 0. The fourth-order valence-corrected chi connectivity index (χ4v) is 5.05. The molecule has 0 N–H and O–H groups in total. The third-order valence-corrected chi connectivity index (χ3v) is 6.78. The van der Waals surface area contributed by atoms with Gasteiger partial charge in [-0.15, -0.1) is 0 Å². The van der Waals surface area contributed by atoms with E-state index in [1.807, 2.05) is 0 Å². The van der Waals surface area contributed by atoms with Crippen LogP contribution in [0, 0.1) is 0 Å². The van der Waals surface area contributed by atoms with E-state index in [0.29, 0.717) is 0 Å². The molecule has 0 aliphatic rings. The van der Waals surface area contributed by atoms with Crippen molar-refractivity contribution in [3.8, 4) is 0 Å². The van der Waals surface area contributed by atoms with Crippen molar-refractivity contribution < 1.29 is 0 Å². The lowest BCUT2D eigenvalue weighted by Gasteiger charge is -2.28. The lowest BCUT2D eigenvalue weighted by molar-refractivity contribution is 1.32. The number of hydrogen-bond donors (Lipinski definition) is 0. The number of halogens is 1. The summed E-state index contributed by atoms with van der Waals surface area (Å²) in [6.45, 7) is 0. The van der Waals surface area contributed by atoms with E-state index in [4.69, 9.17) is 0 Å². The van der Waals surface area contributed by atoms with E-state index in [9.17, 15) is 0 Å². The summed E-state index contributed by atoms with van der Waals surface area (Å²) in [6, 6.07) is 43.3. The normalized spacial score (nSPS) is 11.3. The maximum absolute atomic E-state index is 3.75. The molecule has 152 valence electrons. The molecule has 6 rings (SSSR count). The Morgan fingerprint density at radius 3 is 1.91 bits per heavy atom. The molecule has 0 fully saturated rings. The molecule has 1 nitrogen and oxygen atoms in total. The minimum Gasteiger partial charge on any atom is -0.309 e. The Morgan fingerprint density at radius 1 is 0.438 bits per heavy atom. The summed E-state index contributed by atoms with van der Waals surface area (Å²) < 4.78 is 1.10. The summed E-state index contributed by atoms with van der Waals surface area (Å²) >= 11 is 3.75. The van der Waals surface area contributed by atoms with Crippen LogP contribution in [0.4, 0.5) is 17.1 Å². The van der Waals surface area contributed by atoms with Crippen molar-refractivity contribution in [1.29, 1.82) is 0 Å². The van der Waals surface area contributed by atoms with Crippen LogP contribution in [-0.4, -0.2) is 0 Å². The van der Waals surface area contributed by atoms with E-state index in [0.717, 1.165) is 15.8 Å². The second-order valence-corrected chi connectivity index (χ2v) is 8.83. The SMILES string of the molecule is Brc1ccc(N(c2ccc3ccccc3c2)c2cccc3ccccc23)c2ccccc12. The van der Waals surface area contributed by atoms with Crippen molar-refractivity contribution in [2.45, 2.75) is 0 Å². The Balaban J connectivity index is 1.70. The molecule has 0 heterocycles. The standard InChI is InChI=1S/C30H20BrN/c31-28-18-19-30(27-14-6-5-13-26(27)28)32(24-17-16-21-8-1-2-10-23(21)20-24)29-15-7-11-22-9-3-4-12-25(22)29/h1-20H. The zero-order chi connectivity index (χ0) is 21.5. The number of rotatable bonds is 3. The Morgan fingerprint density at radius 2 is 1.06 bits per heavy atom. The molecule has 0 aromatic heterocycles. The predicted molar refractivity (Wildman–Crippen MR) is 141 cm³/mol. The molecule has 0 saturated carbocycles. The first-order chi connectivity index (χ1) is 15.8. The van der Waals surface area contributed by atoms with Gasteiger partial charge in [0.05, 0.1) is 11.4 Å². The van der Waals surface area contributed by atoms with Crippen LogP contribution in [-0.2, 0) is 0 Å². The zero-order valence-corrected chi connectivity index (χ0v) is 19.0. The van der Waals surface area contributed by atoms with Gasteiger partial charge in [0.1, 0.15) is 0 Å². The van der Waals surface area contributed by atoms with Crippen LogP contribution < -0.4 is 4.90 Å². The van der Waals surface area contributed by atoms with E-state index < -0.39 is 0 Å². The number of nitrogens with zero attached hydrogens (tertiary/aromatic N) is 1. The Hall–Kier alpha value is -3.62. The summed E-state index contributed by atoms with van der Waals surface area (Å²) in [4.78, 5) is 2.39. The second kappa shape index (κ2) is 7.81. The molecule has 6 aromatic carbocycles. The van der Waals surface area contributed by atoms with Crippen LogP contribution in [0.15, 0.2) is 126 Å². The molecule has 0 bridgehead atoms. The molecule has 0 spiro atoms. The maximum Gasteiger partial charge on any atom is 0.0541 e.